The van der Waals surface area contributed by atoms with Gasteiger partial charge < -0.3 is 43.8 Å². The standard InChI is InChI=1S/C60H67ClFN9O10S/c1-36(2)80-53-6-4-3-5-43(53)52-33-67(32-37-7-10-46(62)45(61)25-37)20-21-69(52)41-30-60(31-41)15-18-68(19-16-60)40-8-9-44(49(27-40)70-48-14-24-78-35-55(48)81-59-51(70)26-39-11-17-63-57(39)65-59)58(72)66-82(75,76)42-28-50(71(73)74)56-54(29-42)79-34-47(64-56)38-12-22-77-23-13-38/h3-11,17,25-29,36,38,41,47-48,52,55,64H,12-16,18-24,30-35H2,1-2H3,(H,63,65)(H,66,72)/t47-,48-,52-,55-/m0/s1. The quantitative estimate of drug-likeness (QED) is 0.0727. The van der Waals surface area contributed by atoms with Gasteiger partial charge in [0.2, 0.25) is 5.88 Å². The van der Waals surface area contributed by atoms with Gasteiger partial charge in [0.25, 0.3) is 21.6 Å². The molecule has 8 heterocycles. The molecule has 4 saturated heterocycles. The zero-order valence-corrected chi connectivity index (χ0v) is 47.4. The number of amides is 1. The van der Waals surface area contributed by atoms with Crippen LogP contribution in [0.2, 0.25) is 5.02 Å². The molecule has 6 aromatic rings. The maximum absolute atomic E-state index is 14.9. The smallest absolute Gasteiger partial charge is 0.297 e. The van der Waals surface area contributed by atoms with Gasteiger partial charge in [-0.2, -0.15) is 4.98 Å². The number of nitro groups is 1. The lowest BCUT2D eigenvalue weighted by atomic mass is 9.59. The predicted molar refractivity (Wildman–Crippen MR) is 308 cm³/mol. The molecular weight excluding hydrogens is 1090 g/mol. The Morgan fingerprint density at radius 3 is 2.55 bits per heavy atom. The van der Waals surface area contributed by atoms with Gasteiger partial charge in [-0.15, -0.1) is 0 Å². The van der Waals surface area contributed by atoms with Crippen LogP contribution in [0.1, 0.15) is 86.3 Å². The summed E-state index contributed by atoms with van der Waals surface area (Å²) in [5, 5.41) is 16.8. The van der Waals surface area contributed by atoms with Crippen molar-refractivity contribution in [2.75, 3.05) is 80.9 Å². The lowest BCUT2D eigenvalue weighted by Crippen LogP contribution is -2.59. The number of aromatic nitrogens is 2. The first-order valence-electron chi connectivity index (χ1n) is 28.6. The number of aromatic amines is 1. The van der Waals surface area contributed by atoms with Crippen LogP contribution < -0.4 is 34.0 Å². The van der Waals surface area contributed by atoms with Crippen LogP contribution in [0.5, 0.6) is 17.4 Å². The fourth-order valence-electron chi connectivity index (χ4n) is 13.8. The van der Waals surface area contributed by atoms with Gasteiger partial charge in [0, 0.05) is 100 Å². The largest absolute Gasteiger partial charge is 0.491 e. The molecule has 6 aliphatic heterocycles. The molecule has 13 rings (SSSR count). The Labute approximate surface area is 480 Å². The molecule has 7 aliphatic rings. The van der Waals surface area contributed by atoms with E-state index in [0.717, 1.165) is 105 Å². The van der Waals surface area contributed by atoms with Crippen molar-refractivity contribution in [1.82, 2.24) is 24.5 Å². The lowest BCUT2D eigenvalue weighted by Gasteiger charge is -2.58. The monoisotopic (exact) mass is 1160 g/mol. The van der Waals surface area contributed by atoms with E-state index in [1.165, 1.54) is 12.1 Å². The number of hydrogen-bond acceptors (Lipinski definition) is 16. The number of nitrogens with one attached hydrogen (secondary N) is 3. The molecule has 19 nitrogen and oxygen atoms in total. The summed E-state index contributed by atoms with van der Waals surface area (Å²) in [5.41, 5.74) is 4.57. The second kappa shape index (κ2) is 22.1. The molecule has 432 valence electrons. The summed E-state index contributed by atoms with van der Waals surface area (Å²) in [5.74, 6) is 0.0686. The minimum atomic E-state index is -4.73. The number of piperidine rings is 1. The lowest BCUT2D eigenvalue weighted by molar-refractivity contribution is -0.384. The Hall–Kier alpha value is -6.75. The van der Waals surface area contributed by atoms with E-state index in [2.05, 4.69) is 66.7 Å². The molecule has 0 bridgehead atoms. The molecule has 82 heavy (non-hydrogen) atoms. The van der Waals surface area contributed by atoms with Crippen LogP contribution in [0.25, 0.3) is 11.0 Å². The zero-order valence-electron chi connectivity index (χ0n) is 45.9. The third kappa shape index (κ3) is 10.6. The van der Waals surface area contributed by atoms with Gasteiger partial charge in [0.05, 0.1) is 56.9 Å². The number of sulfonamides is 1. The number of halogens is 2. The number of rotatable bonds is 13. The topological polar surface area (TPSA) is 206 Å². The average molecular weight is 1160 g/mol. The first kappa shape index (κ1) is 54.5. The summed E-state index contributed by atoms with van der Waals surface area (Å²) in [6.45, 7) is 10.8. The molecule has 4 atom stereocenters. The number of carbonyl (C=O) groups excluding carboxylic acids is 1. The van der Waals surface area contributed by atoms with Gasteiger partial charge in [0.15, 0.2) is 11.4 Å². The van der Waals surface area contributed by atoms with E-state index in [1.54, 1.807) is 18.3 Å². The second-order valence-electron chi connectivity index (χ2n) is 23.4. The first-order valence-corrected chi connectivity index (χ1v) is 30.5. The zero-order chi connectivity index (χ0) is 56.4. The number of H-pyrrole nitrogens is 1. The Morgan fingerprint density at radius 2 is 1.76 bits per heavy atom. The highest BCUT2D eigenvalue weighted by atomic mass is 35.5. The number of hydrogen-bond donors (Lipinski definition) is 3. The van der Waals surface area contributed by atoms with Crippen molar-refractivity contribution in [3.05, 3.63) is 129 Å². The molecule has 1 amide bonds. The van der Waals surface area contributed by atoms with Crippen LogP contribution in [0.15, 0.2) is 96.0 Å². The molecule has 4 aromatic carbocycles. The number of piperazine rings is 1. The van der Waals surface area contributed by atoms with Crippen molar-refractivity contribution in [2.45, 2.75) is 107 Å². The van der Waals surface area contributed by atoms with Gasteiger partial charge in [0.1, 0.15) is 35.6 Å². The molecule has 5 fully saturated rings. The number of anilines is 4. The normalized spacial score (nSPS) is 23.2. The van der Waals surface area contributed by atoms with Gasteiger partial charge >= 0.3 is 0 Å². The highest BCUT2D eigenvalue weighted by Gasteiger charge is 2.51. The third-order valence-electron chi connectivity index (χ3n) is 18.0. The van der Waals surface area contributed by atoms with Crippen molar-refractivity contribution in [2.24, 2.45) is 11.3 Å². The van der Waals surface area contributed by atoms with Crippen molar-refractivity contribution < 1.29 is 46.2 Å². The van der Waals surface area contributed by atoms with Gasteiger partial charge in [-0.05, 0) is 124 Å². The summed E-state index contributed by atoms with van der Waals surface area (Å²) in [6, 6.07) is 24.9. The van der Waals surface area contributed by atoms with Crippen LogP contribution in [0.3, 0.4) is 0 Å². The van der Waals surface area contributed by atoms with Crippen molar-refractivity contribution in [3.8, 4) is 17.4 Å². The second-order valence-corrected chi connectivity index (χ2v) is 25.5. The molecule has 0 unspecified atom stereocenters. The molecule has 22 heteroatoms. The van der Waals surface area contributed by atoms with E-state index in [9.17, 15) is 27.7 Å². The number of nitrogens with zero attached hydrogens (tertiary/aromatic N) is 6. The molecule has 2 aromatic heterocycles. The Balaban J connectivity index is 0.773. The third-order valence-corrected chi connectivity index (χ3v) is 19.6. The Bertz CT molecular complexity index is 3530. The summed E-state index contributed by atoms with van der Waals surface area (Å²) < 4.78 is 75.9. The number of ether oxygens (including phenoxy) is 5. The molecule has 0 radical (unpaired) electrons. The van der Waals surface area contributed by atoms with Gasteiger partial charge in [-0.3, -0.25) is 24.7 Å². The number of para-hydroxylation sites is 1. The van der Waals surface area contributed by atoms with Crippen molar-refractivity contribution in [1.29, 1.82) is 0 Å². The fraction of sp³-hybridized carbons (Fsp3) is 0.467. The highest BCUT2D eigenvalue weighted by molar-refractivity contribution is 7.90. The number of benzene rings is 4. The Morgan fingerprint density at radius 1 is 0.951 bits per heavy atom. The maximum Gasteiger partial charge on any atom is 0.297 e. The van der Waals surface area contributed by atoms with Crippen molar-refractivity contribution >= 4 is 67.0 Å². The summed E-state index contributed by atoms with van der Waals surface area (Å²) >= 11 is 6.23. The predicted octanol–water partition coefficient (Wildman–Crippen LogP) is 9.77. The number of pyridine rings is 1. The van der Waals surface area contributed by atoms with E-state index in [-0.39, 0.29) is 70.8 Å². The Kier molecular flexibility index (Phi) is 14.7. The summed E-state index contributed by atoms with van der Waals surface area (Å²) in [7, 11) is -4.73. The maximum atomic E-state index is 14.9. The van der Waals surface area contributed by atoms with Crippen LogP contribution in [-0.2, 0) is 26.0 Å². The molecule has 1 aliphatic carbocycles. The number of nitro benzene ring substituents is 1. The highest BCUT2D eigenvalue weighted by Crippen LogP contribution is 2.54. The van der Waals surface area contributed by atoms with Gasteiger partial charge in [-0.1, -0.05) is 35.9 Å². The first-order chi connectivity index (χ1) is 39.7. The summed E-state index contributed by atoms with van der Waals surface area (Å²) in [6.07, 6.45) is 7.44. The molecule has 1 spiro atoms. The number of fused-ring (bicyclic) bond motifs is 4. The number of carbonyl (C=O) groups is 1. The van der Waals surface area contributed by atoms with E-state index in [4.69, 9.17) is 40.3 Å². The summed E-state index contributed by atoms with van der Waals surface area (Å²) in [4.78, 5) is 44.0. The minimum Gasteiger partial charge on any atom is -0.491 e. The van der Waals surface area contributed by atoms with Crippen LogP contribution >= 0.6 is 11.6 Å². The molecular formula is C60H67ClFN9O10S. The molecule has 3 N–H and O–H groups in total. The van der Waals surface area contributed by atoms with E-state index in [1.807, 2.05) is 36.4 Å². The van der Waals surface area contributed by atoms with Crippen molar-refractivity contribution in [3.63, 3.8) is 0 Å². The SMILES string of the molecule is CC(C)Oc1ccccc1[C@@H]1CN(Cc2ccc(F)c(Cl)c2)CCN1C1CC2(CCN(c3ccc(C(=O)NS(=O)(=O)c4cc5c(c([N+](=O)[O-])c4)N[C@H](C4CCOCC4)CO5)c(N4c5cc6cc[nH]c6nc5O[C@H]5COCC[C@@H]54)c3)CC2)C1. The molecule has 1 saturated carbocycles. The van der Waals surface area contributed by atoms with E-state index < -0.39 is 43.4 Å². The fourth-order valence-corrected chi connectivity index (χ4v) is 15.0. The van der Waals surface area contributed by atoms with Crippen LogP contribution in [0.4, 0.5) is 32.8 Å². The van der Waals surface area contributed by atoms with E-state index >= 15 is 0 Å². The van der Waals surface area contributed by atoms with Gasteiger partial charge in [-0.25, -0.2) is 17.5 Å². The van der Waals surface area contributed by atoms with Crippen LogP contribution in [-0.4, -0.2) is 135 Å². The minimum absolute atomic E-state index is 0.00741. The average Bonchev–Trinajstić information content (AvgIpc) is 3.06. The van der Waals surface area contributed by atoms with Crippen LogP contribution in [0, 0.1) is 27.3 Å². The van der Waals surface area contributed by atoms with E-state index in [0.29, 0.717) is 61.7 Å².